The van der Waals surface area contributed by atoms with Gasteiger partial charge >= 0.3 is 0 Å². The van der Waals surface area contributed by atoms with Crippen molar-refractivity contribution in [1.29, 1.82) is 0 Å². The minimum absolute atomic E-state index is 0.112. The summed E-state index contributed by atoms with van der Waals surface area (Å²) < 4.78 is 5.12. The lowest BCUT2D eigenvalue weighted by atomic mass is 10.1. The molecule has 0 radical (unpaired) electrons. The van der Waals surface area contributed by atoms with Crippen LogP contribution in [0.15, 0.2) is 47.4 Å². The molecule has 0 bridgehead atoms. The number of hydrogen-bond acceptors (Lipinski definition) is 3. The number of carbonyl (C=O) groups is 1. The molecule has 3 heteroatoms. The van der Waals surface area contributed by atoms with Crippen LogP contribution in [-0.2, 0) is 0 Å². The van der Waals surface area contributed by atoms with E-state index in [1.54, 1.807) is 18.9 Å². The fourth-order valence-electron chi connectivity index (χ4n) is 2.07. The predicted molar refractivity (Wildman–Crippen MR) is 88.6 cm³/mol. The highest BCUT2D eigenvalue weighted by Crippen LogP contribution is 2.29. The number of ketones is 1. The Morgan fingerprint density at radius 1 is 1.10 bits per heavy atom. The van der Waals surface area contributed by atoms with Crippen LogP contribution in [0.3, 0.4) is 0 Å². The largest absolute Gasteiger partial charge is 0.497 e. The summed E-state index contributed by atoms with van der Waals surface area (Å²) in [6.45, 7) is 6.10. The van der Waals surface area contributed by atoms with Crippen molar-refractivity contribution in [1.82, 2.24) is 0 Å². The molecule has 2 aromatic carbocycles. The van der Waals surface area contributed by atoms with Gasteiger partial charge in [0.25, 0.3) is 0 Å². The van der Waals surface area contributed by atoms with E-state index in [1.165, 1.54) is 16.0 Å². The van der Waals surface area contributed by atoms with E-state index in [0.29, 0.717) is 0 Å². The van der Waals surface area contributed by atoms with E-state index < -0.39 is 0 Å². The molecule has 0 aromatic heterocycles. The van der Waals surface area contributed by atoms with Gasteiger partial charge in [-0.2, -0.15) is 0 Å². The van der Waals surface area contributed by atoms with E-state index in [1.807, 2.05) is 31.2 Å². The Hall–Kier alpha value is -1.74. The summed E-state index contributed by atoms with van der Waals surface area (Å²) in [7, 11) is 1.62. The van der Waals surface area contributed by atoms with E-state index in [0.717, 1.165) is 11.3 Å². The number of ether oxygens (including phenoxy) is 1. The molecule has 0 spiro atoms. The average Bonchev–Trinajstić information content (AvgIpc) is 2.50. The number of Topliss-reactive ketones (excluding diaryl/α,β-unsaturated/α-hetero) is 1. The van der Waals surface area contributed by atoms with Gasteiger partial charge in [0, 0.05) is 10.5 Å². The van der Waals surface area contributed by atoms with Crippen molar-refractivity contribution < 1.29 is 9.53 Å². The first-order chi connectivity index (χ1) is 10.0. The molecule has 1 unspecified atom stereocenters. The summed E-state index contributed by atoms with van der Waals surface area (Å²) in [4.78, 5) is 13.7. The smallest absolute Gasteiger partial charge is 0.175 e. The molecule has 0 aliphatic heterocycles. The van der Waals surface area contributed by atoms with Crippen LogP contribution in [0.4, 0.5) is 0 Å². The molecule has 0 aliphatic rings. The highest BCUT2D eigenvalue weighted by Gasteiger charge is 2.17. The summed E-state index contributed by atoms with van der Waals surface area (Å²) in [5.74, 6) is 0.907. The summed E-state index contributed by atoms with van der Waals surface area (Å²) in [6.07, 6.45) is 0. The van der Waals surface area contributed by atoms with Crippen molar-refractivity contribution in [3.05, 3.63) is 59.2 Å². The highest BCUT2D eigenvalue weighted by molar-refractivity contribution is 8.00. The number of hydrogen-bond donors (Lipinski definition) is 0. The number of aryl methyl sites for hydroxylation is 2. The van der Waals surface area contributed by atoms with Gasteiger partial charge in [0.1, 0.15) is 5.75 Å². The molecule has 110 valence electrons. The topological polar surface area (TPSA) is 26.3 Å². The Morgan fingerprint density at radius 3 is 2.38 bits per heavy atom. The van der Waals surface area contributed by atoms with Gasteiger partial charge in [-0.15, -0.1) is 11.8 Å². The van der Waals surface area contributed by atoms with Gasteiger partial charge in [-0.1, -0.05) is 17.7 Å². The Balaban J connectivity index is 2.13. The summed E-state index contributed by atoms with van der Waals surface area (Å²) in [6, 6.07) is 13.6. The molecular formula is C18H20O2S. The van der Waals surface area contributed by atoms with Crippen molar-refractivity contribution in [2.24, 2.45) is 0 Å². The molecule has 0 N–H and O–H groups in total. The van der Waals surface area contributed by atoms with Gasteiger partial charge in [-0.05, 0) is 56.7 Å². The lowest BCUT2D eigenvalue weighted by Crippen LogP contribution is -2.13. The molecule has 1 atom stereocenters. The van der Waals surface area contributed by atoms with Crippen LogP contribution in [0.25, 0.3) is 0 Å². The minimum Gasteiger partial charge on any atom is -0.497 e. The van der Waals surface area contributed by atoms with Crippen molar-refractivity contribution in [3.8, 4) is 5.75 Å². The van der Waals surface area contributed by atoms with Gasteiger partial charge in [0.2, 0.25) is 0 Å². The van der Waals surface area contributed by atoms with E-state index in [9.17, 15) is 4.79 Å². The third kappa shape index (κ3) is 3.88. The van der Waals surface area contributed by atoms with Crippen LogP contribution in [0.1, 0.15) is 28.4 Å². The SMILES string of the molecule is COc1ccc(C(=O)C(C)Sc2cc(C)ccc2C)cc1. The lowest BCUT2D eigenvalue weighted by Gasteiger charge is -2.13. The maximum atomic E-state index is 12.5. The second kappa shape index (κ2) is 6.81. The Kier molecular flexibility index (Phi) is 5.07. The van der Waals surface area contributed by atoms with Crippen LogP contribution in [0, 0.1) is 13.8 Å². The monoisotopic (exact) mass is 300 g/mol. The maximum absolute atomic E-state index is 12.5. The number of thioether (sulfide) groups is 1. The van der Waals surface area contributed by atoms with Crippen LogP contribution in [0.2, 0.25) is 0 Å². The van der Waals surface area contributed by atoms with Crippen LogP contribution in [0.5, 0.6) is 5.75 Å². The quantitative estimate of drug-likeness (QED) is 0.592. The molecular weight excluding hydrogens is 280 g/mol. The van der Waals surface area contributed by atoms with Crippen molar-refractivity contribution in [3.63, 3.8) is 0 Å². The first-order valence-electron chi connectivity index (χ1n) is 6.93. The summed E-state index contributed by atoms with van der Waals surface area (Å²) in [5, 5.41) is -0.112. The van der Waals surface area contributed by atoms with Gasteiger partial charge in [0.05, 0.1) is 12.4 Å². The van der Waals surface area contributed by atoms with E-state index in [-0.39, 0.29) is 11.0 Å². The highest BCUT2D eigenvalue weighted by atomic mass is 32.2. The summed E-state index contributed by atoms with van der Waals surface area (Å²) >= 11 is 1.62. The second-order valence-corrected chi connectivity index (χ2v) is 6.50. The van der Waals surface area contributed by atoms with Crippen molar-refractivity contribution in [2.75, 3.05) is 7.11 Å². The molecule has 2 rings (SSSR count). The minimum atomic E-state index is -0.112. The van der Waals surface area contributed by atoms with Gasteiger partial charge in [-0.3, -0.25) is 4.79 Å². The molecule has 0 aliphatic carbocycles. The predicted octanol–water partition coefficient (Wildman–Crippen LogP) is 4.68. The molecule has 0 saturated carbocycles. The van der Waals surface area contributed by atoms with Crippen LogP contribution in [-0.4, -0.2) is 18.1 Å². The average molecular weight is 300 g/mol. The Labute approximate surface area is 130 Å². The fraction of sp³-hybridized carbons (Fsp3) is 0.278. The molecule has 2 nitrogen and oxygen atoms in total. The zero-order valence-electron chi connectivity index (χ0n) is 12.8. The fourth-order valence-corrected chi connectivity index (χ4v) is 3.20. The molecule has 21 heavy (non-hydrogen) atoms. The Morgan fingerprint density at radius 2 is 1.76 bits per heavy atom. The third-order valence-electron chi connectivity index (χ3n) is 3.39. The first-order valence-corrected chi connectivity index (χ1v) is 7.81. The lowest BCUT2D eigenvalue weighted by molar-refractivity contribution is 0.0994. The molecule has 0 saturated heterocycles. The standard InChI is InChI=1S/C18H20O2S/c1-12-5-6-13(2)17(11-12)21-14(3)18(19)15-7-9-16(20-4)10-8-15/h5-11,14H,1-4H3. The van der Waals surface area contributed by atoms with Crippen molar-refractivity contribution in [2.45, 2.75) is 30.9 Å². The van der Waals surface area contributed by atoms with E-state index in [2.05, 4.69) is 32.0 Å². The molecule has 0 amide bonds. The van der Waals surface area contributed by atoms with E-state index >= 15 is 0 Å². The first kappa shape index (κ1) is 15.6. The Bertz CT molecular complexity index is 632. The number of rotatable bonds is 5. The van der Waals surface area contributed by atoms with Gasteiger partial charge in [0.15, 0.2) is 5.78 Å². The summed E-state index contributed by atoms with van der Waals surface area (Å²) in [5.41, 5.74) is 3.15. The second-order valence-electron chi connectivity index (χ2n) is 5.12. The van der Waals surface area contributed by atoms with Gasteiger partial charge < -0.3 is 4.74 Å². The van der Waals surface area contributed by atoms with Crippen LogP contribution < -0.4 is 4.74 Å². The van der Waals surface area contributed by atoms with Crippen molar-refractivity contribution >= 4 is 17.5 Å². The zero-order valence-corrected chi connectivity index (χ0v) is 13.7. The van der Waals surface area contributed by atoms with Gasteiger partial charge in [-0.25, -0.2) is 0 Å². The zero-order chi connectivity index (χ0) is 15.4. The third-order valence-corrected chi connectivity index (χ3v) is 4.65. The number of carbonyl (C=O) groups excluding carboxylic acids is 1. The van der Waals surface area contributed by atoms with E-state index in [4.69, 9.17) is 4.74 Å². The number of benzene rings is 2. The normalized spacial score (nSPS) is 12.0. The molecule has 0 fully saturated rings. The molecule has 2 aromatic rings. The maximum Gasteiger partial charge on any atom is 0.175 e. The van der Waals surface area contributed by atoms with Crippen LogP contribution >= 0.6 is 11.8 Å². The number of methoxy groups -OCH3 is 1. The molecule has 0 heterocycles.